The second-order valence-electron chi connectivity index (χ2n) is 7.30. The van der Waals surface area contributed by atoms with Gasteiger partial charge in [-0.25, -0.2) is 4.98 Å². The highest BCUT2D eigenvalue weighted by Gasteiger charge is 2.46. The van der Waals surface area contributed by atoms with Gasteiger partial charge in [-0.05, 0) is 29.8 Å². The maximum Gasteiger partial charge on any atom is 0.296 e. The van der Waals surface area contributed by atoms with Crippen molar-refractivity contribution in [2.45, 2.75) is 6.04 Å². The molecule has 0 bridgehead atoms. The van der Waals surface area contributed by atoms with Crippen LogP contribution >= 0.6 is 11.3 Å². The molecule has 0 saturated carbocycles. The predicted octanol–water partition coefficient (Wildman–Crippen LogP) is 5.24. The smallest absolute Gasteiger partial charge is 0.296 e. The number of amides is 1. The molecule has 0 aliphatic carbocycles. The fourth-order valence-electron chi connectivity index (χ4n) is 3.81. The molecule has 3 heterocycles. The number of anilines is 1. The molecule has 0 spiro atoms. The Morgan fingerprint density at radius 1 is 1.24 bits per heavy atom. The Morgan fingerprint density at radius 3 is 2.73 bits per heavy atom. The highest BCUT2D eigenvalue weighted by molar-refractivity contribution is 7.13. The van der Waals surface area contributed by atoms with Crippen molar-refractivity contribution in [3.63, 3.8) is 0 Å². The molecular formula is C25H18N2O5S. The summed E-state index contributed by atoms with van der Waals surface area (Å²) < 4.78 is 11.3. The minimum absolute atomic E-state index is 0.0440. The van der Waals surface area contributed by atoms with E-state index >= 15 is 0 Å². The molecule has 1 N–H and O–H groups in total. The van der Waals surface area contributed by atoms with E-state index in [0.717, 1.165) is 5.39 Å². The third-order valence-electron chi connectivity index (χ3n) is 5.29. The van der Waals surface area contributed by atoms with Crippen molar-refractivity contribution in [2.24, 2.45) is 0 Å². The molecule has 2 aromatic heterocycles. The lowest BCUT2D eigenvalue weighted by Crippen LogP contribution is -2.30. The Kier molecular flexibility index (Phi) is 5.27. The van der Waals surface area contributed by atoms with Crippen LogP contribution in [0.3, 0.4) is 0 Å². The third-order valence-corrected chi connectivity index (χ3v) is 6.06. The van der Waals surface area contributed by atoms with Crippen LogP contribution < -0.4 is 9.64 Å². The van der Waals surface area contributed by atoms with Crippen LogP contribution in [0.5, 0.6) is 5.75 Å². The summed E-state index contributed by atoms with van der Waals surface area (Å²) in [5.74, 6) is -1.22. The van der Waals surface area contributed by atoms with Gasteiger partial charge in [0.25, 0.3) is 5.91 Å². The number of benzene rings is 2. The van der Waals surface area contributed by atoms with Crippen molar-refractivity contribution < 1.29 is 23.8 Å². The van der Waals surface area contributed by atoms with Gasteiger partial charge in [-0.1, -0.05) is 43.0 Å². The second-order valence-corrected chi connectivity index (χ2v) is 8.17. The molecular weight excluding hydrogens is 440 g/mol. The number of aliphatic hydroxyl groups is 1. The fourth-order valence-corrected chi connectivity index (χ4v) is 4.48. The Balaban J connectivity index is 1.60. The Hall–Kier alpha value is -4.17. The van der Waals surface area contributed by atoms with E-state index in [1.54, 1.807) is 60.1 Å². The van der Waals surface area contributed by atoms with E-state index in [1.807, 2.05) is 12.1 Å². The number of carbonyl (C=O) groups excluding carboxylic acids is 2. The number of ether oxygens (including phenoxy) is 1. The number of hydrogen-bond acceptors (Lipinski definition) is 7. The Bertz CT molecular complexity index is 1350. The number of ketones is 1. The van der Waals surface area contributed by atoms with Crippen LogP contribution in [0.2, 0.25) is 0 Å². The summed E-state index contributed by atoms with van der Waals surface area (Å²) in [7, 11) is 0. The highest BCUT2D eigenvalue weighted by Crippen LogP contribution is 2.43. The van der Waals surface area contributed by atoms with Crippen molar-refractivity contribution in [1.29, 1.82) is 0 Å². The van der Waals surface area contributed by atoms with Crippen LogP contribution in [0.15, 0.2) is 94.6 Å². The first-order chi connectivity index (χ1) is 16.1. The van der Waals surface area contributed by atoms with Crippen molar-refractivity contribution in [1.82, 2.24) is 4.98 Å². The van der Waals surface area contributed by atoms with E-state index in [0.29, 0.717) is 28.6 Å². The SMILES string of the molecule is C=CCOc1ccc(C2C(C(=O)c3cc4ccccc4o3)=C(O)C(=O)N2c2nccs2)cc1. The first-order valence-electron chi connectivity index (χ1n) is 10.1. The topological polar surface area (TPSA) is 92.9 Å². The molecule has 0 fully saturated rings. The summed E-state index contributed by atoms with van der Waals surface area (Å²) in [6, 6.07) is 14.9. The molecule has 4 aromatic rings. The number of carbonyl (C=O) groups is 2. The van der Waals surface area contributed by atoms with Gasteiger partial charge in [0, 0.05) is 17.0 Å². The van der Waals surface area contributed by atoms with Gasteiger partial charge in [0.1, 0.15) is 17.9 Å². The summed E-state index contributed by atoms with van der Waals surface area (Å²) in [5.41, 5.74) is 1.10. The molecule has 1 aliphatic heterocycles. The molecule has 1 unspecified atom stereocenters. The lowest BCUT2D eigenvalue weighted by molar-refractivity contribution is -0.117. The van der Waals surface area contributed by atoms with Gasteiger partial charge >= 0.3 is 0 Å². The first-order valence-corrected chi connectivity index (χ1v) is 11.0. The number of aliphatic hydroxyl groups excluding tert-OH is 1. The maximum atomic E-state index is 13.5. The number of Topliss-reactive ketones (excluding diaryl/α,β-unsaturated/α-hetero) is 1. The summed E-state index contributed by atoms with van der Waals surface area (Å²) in [4.78, 5) is 32.2. The Labute approximate surface area is 192 Å². The van der Waals surface area contributed by atoms with Crippen LogP contribution in [0.1, 0.15) is 22.2 Å². The molecule has 0 radical (unpaired) electrons. The number of rotatable bonds is 7. The van der Waals surface area contributed by atoms with Gasteiger partial charge < -0.3 is 14.3 Å². The average Bonchev–Trinajstić information content (AvgIpc) is 3.56. The summed E-state index contributed by atoms with van der Waals surface area (Å²) in [6.07, 6.45) is 3.20. The van der Waals surface area contributed by atoms with Crippen molar-refractivity contribution >= 4 is 39.1 Å². The third kappa shape index (κ3) is 3.60. The van der Waals surface area contributed by atoms with E-state index in [4.69, 9.17) is 9.15 Å². The van der Waals surface area contributed by atoms with Gasteiger partial charge in [0.2, 0.25) is 5.78 Å². The van der Waals surface area contributed by atoms with Crippen molar-refractivity contribution in [3.8, 4) is 5.75 Å². The standard InChI is InChI=1S/C25H18N2O5S/c1-2-12-31-17-9-7-15(8-10-17)21-20(23(29)24(30)27(21)25-26-11-13-33-25)22(28)19-14-16-5-3-4-6-18(16)32-19/h2-11,13-14,21,29H,1,12H2. The lowest BCUT2D eigenvalue weighted by atomic mass is 9.95. The average molecular weight is 458 g/mol. The number of para-hydroxylation sites is 1. The van der Waals surface area contributed by atoms with Gasteiger partial charge in [-0.3, -0.25) is 14.5 Å². The van der Waals surface area contributed by atoms with E-state index in [9.17, 15) is 14.7 Å². The molecule has 8 heteroatoms. The van der Waals surface area contributed by atoms with Gasteiger partial charge in [-0.15, -0.1) is 11.3 Å². The van der Waals surface area contributed by atoms with Crippen LogP contribution in [-0.2, 0) is 4.79 Å². The molecule has 0 saturated heterocycles. The zero-order chi connectivity index (χ0) is 22.9. The summed E-state index contributed by atoms with van der Waals surface area (Å²) in [6.45, 7) is 3.98. The van der Waals surface area contributed by atoms with E-state index in [1.165, 1.54) is 16.2 Å². The van der Waals surface area contributed by atoms with Crippen LogP contribution in [0, 0.1) is 0 Å². The molecule has 5 rings (SSSR count). The van der Waals surface area contributed by atoms with Crippen LogP contribution in [0.4, 0.5) is 5.13 Å². The number of furan rings is 1. The van der Waals surface area contributed by atoms with Crippen LogP contribution in [0.25, 0.3) is 11.0 Å². The normalized spacial score (nSPS) is 15.9. The lowest BCUT2D eigenvalue weighted by Gasteiger charge is -2.24. The van der Waals surface area contributed by atoms with Gasteiger partial charge in [0.05, 0.1) is 11.6 Å². The maximum absolute atomic E-state index is 13.5. The minimum Gasteiger partial charge on any atom is -0.503 e. The minimum atomic E-state index is -0.877. The molecule has 1 aliphatic rings. The van der Waals surface area contributed by atoms with E-state index < -0.39 is 23.5 Å². The Morgan fingerprint density at radius 2 is 2.03 bits per heavy atom. The van der Waals surface area contributed by atoms with Crippen LogP contribution in [-0.4, -0.2) is 28.4 Å². The summed E-state index contributed by atoms with van der Waals surface area (Å²) >= 11 is 1.24. The molecule has 33 heavy (non-hydrogen) atoms. The quantitative estimate of drug-likeness (QED) is 0.301. The zero-order valence-electron chi connectivity index (χ0n) is 17.3. The number of aromatic nitrogens is 1. The molecule has 1 amide bonds. The van der Waals surface area contributed by atoms with Gasteiger partial charge in [-0.2, -0.15) is 0 Å². The van der Waals surface area contributed by atoms with Gasteiger partial charge in [0.15, 0.2) is 16.7 Å². The van der Waals surface area contributed by atoms with Crippen molar-refractivity contribution in [2.75, 3.05) is 11.5 Å². The molecule has 7 nitrogen and oxygen atoms in total. The first kappa shape index (κ1) is 20.7. The number of hydrogen-bond donors (Lipinski definition) is 1. The highest BCUT2D eigenvalue weighted by atomic mass is 32.1. The second kappa shape index (κ2) is 8.40. The largest absolute Gasteiger partial charge is 0.503 e. The predicted molar refractivity (Wildman–Crippen MR) is 125 cm³/mol. The zero-order valence-corrected chi connectivity index (χ0v) is 18.1. The number of nitrogens with zero attached hydrogens (tertiary/aromatic N) is 2. The van der Waals surface area contributed by atoms with E-state index in [-0.39, 0.29) is 11.3 Å². The molecule has 1 atom stereocenters. The monoisotopic (exact) mass is 458 g/mol. The summed E-state index contributed by atoms with van der Waals surface area (Å²) in [5, 5.41) is 13.7. The molecule has 164 valence electrons. The molecule has 2 aromatic carbocycles. The fraction of sp³-hybridized carbons (Fsp3) is 0.0800. The van der Waals surface area contributed by atoms with Crippen molar-refractivity contribution in [3.05, 3.63) is 101 Å². The number of fused-ring (bicyclic) bond motifs is 1. The number of thiazole rings is 1. The van der Waals surface area contributed by atoms with E-state index in [2.05, 4.69) is 11.6 Å².